The van der Waals surface area contributed by atoms with Crippen LogP contribution in [0.3, 0.4) is 0 Å². The summed E-state index contributed by atoms with van der Waals surface area (Å²) in [6.07, 6.45) is 1.56. The van der Waals surface area contributed by atoms with Crippen molar-refractivity contribution in [2.75, 3.05) is 19.1 Å². The van der Waals surface area contributed by atoms with E-state index in [9.17, 15) is 10.1 Å². The van der Waals surface area contributed by atoms with Crippen molar-refractivity contribution in [3.63, 3.8) is 0 Å². The maximum absolute atomic E-state index is 10.6. The zero-order chi connectivity index (χ0) is 17.5. The Morgan fingerprint density at radius 3 is 2.62 bits per heavy atom. The summed E-state index contributed by atoms with van der Waals surface area (Å²) in [6, 6.07) is 9.39. The number of hydrogen-bond acceptors (Lipinski definition) is 6. The molecule has 126 valence electrons. The molecule has 24 heavy (non-hydrogen) atoms. The number of non-ortho nitro benzene ring substituents is 1. The first-order chi connectivity index (χ1) is 11.5. The Labute approximate surface area is 144 Å². The van der Waals surface area contributed by atoms with E-state index in [0.717, 1.165) is 5.56 Å². The molecule has 0 unspecified atom stereocenters. The van der Waals surface area contributed by atoms with Gasteiger partial charge in [-0.15, -0.1) is 0 Å². The molecule has 8 heteroatoms. The van der Waals surface area contributed by atoms with Crippen LogP contribution < -0.4 is 14.9 Å². The van der Waals surface area contributed by atoms with E-state index in [-0.39, 0.29) is 5.69 Å². The van der Waals surface area contributed by atoms with Gasteiger partial charge in [-0.25, -0.2) is 0 Å². The number of hydrogen-bond donors (Lipinski definition) is 1. The molecule has 0 aliphatic carbocycles. The zero-order valence-electron chi connectivity index (χ0n) is 13.2. The average molecular weight is 350 g/mol. The standard InChI is InChI=1S/C16H16ClN3O4/c1-3-24-16-14(17)8-11(9-15(16)23-2)10-18-19-12-4-6-13(7-5-12)20(21)22/h4-10,19H,3H2,1-2H3/b18-10+. The predicted molar refractivity (Wildman–Crippen MR) is 93.5 cm³/mol. The SMILES string of the molecule is CCOc1c(Cl)cc(/C=N/Nc2ccc([N+](=O)[O-])cc2)cc1OC. The highest BCUT2D eigenvalue weighted by Gasteiger charge is 2.10. The first kappa shape index (κ1) is 17.6. The molecular formula is C16H16ClN3O4. The van der Waals surface area contributed by atoms with Crippen LogP contribution in [0.25, 0.3) is 0 Å². The molecule has 1 N–H and O–H groups in total. The molecular weight excluding hydrogens is 334 g/mol. The second kappa shape index (κ2) is 8.16. The van der Waals surface area contributed by atoms with E-state index in [1.165, 1.54) is 19.2 Å². The number of methoxy groups -OCH3 is 1. The maximum Gasteiger partial charge on any atom is 0.269 e. The van der Waals surface area contributed by atoms with Crippen LogP contribution in [0.2, 0.25) is 5.02 Å². The van der Waals surface area contributed by atoms with Gasteiger partial charge in [0, 0.05) is 12.1 Å². The van der Waals surface area contributed by atoms with Crippen LogP contribution in [0.5, 0.6) is 11.5 Å². The van der Waals surface area contributed by atoms with Crippen molar-refractivity contribution in [1.29, 1.82) is 0 Å². The number of nitro groups is 1. The third-order valence-corrected chi connectivity index (χ3v) is 3.31. The normalized spacial score (nSPS) is 10.6. The lowest BCUT2D eigenvalue weighted by Crippen LogP contribution is -1.98. The number of nitrogens with one attached hydrogen (secondary N) is 1. The summed E-state index contributed by atoms with van der Waals surface area (Å²) in [7, 11) is 1.53. The van der Waals surface area contributed by atoms with Gasteiger partial charge in [-0.1, -0.05) is 11.6 Å². The van der Waals surface area contributed by atoms with Crippen LogP contribution in [0.4, 0.5) is 11.4 Å². The number of rotatable bonds is 7. The quantitative estimate of drug-likeness (QED) is 0.462. The predicted octanol–water partition coefficient (Wildman–Crippen LogP) is 4.10. The van der Waals surface area contributed by atoms with Crippen LogP contribution >= 0.6 is 11.6 Å². The fourth-order valence-corrected chi connectivity index (χ4v) is 2.21. The van der Waals surface area contributed by atoms with Crippen LogP contribution in [0.15, 0.2) is 41.5 Å². The van der Waals surface area contributed by atoms with Gasteiger partial charge in [0.15, 0.2) is 11.5 Å². The Hall–Kier alpha value is -2.80. The number of anilines is 1. The summed E-state index contributed by atoms with van der Waals surface area (Å²) in [5, 5.41) is 15.1. The van der Waals surface area contributed by atoms with Gasteiger partial charge in [-0.2, -0.15) is 5.10 Å². The summed E-state index contributed by atoms with van der Waals surface area (Å²) in [5.41, 5.74) is 4.15. The van der Waals surface area contributed by atoms with Crippen molar-refractivity contribution < 1.29 is 14.4 Å². The minimum atomic E-state index is -0.457. The van der Waals surface area contributed by atoms with Crippen molar-refractivity contribution in [1.82, 2.24) is 0 Å². The fraction of sp³-hybridized carbons (Fsp3) is 0.188. The van der Waals surface area contributed by atoms with Crippen molar-refractivity contribution in [3.05, 3.63) is 57.1 Å². The van der Waals surface area contributed by atoms with Gasteiger partial charge in [0.2, 0.25) is 0 Å². The van der Waals surface area contributed by atoms with Gasteiger partial charge in [-0.3, -0.25) is 15.5 Å². The number of halogens is 1. The van der Waals surface area contributed by atoms with Crippen LogP contribution in [-0.4, -0.2) is 24.9 Å². The Kier molecular flexibility index (Phi) is 5.97. The monoisotopic (exact) mass is 349 g/mol. The molecule has 0 bridgehead atoms. The summed E-state index contributed by atoms with van der Waals surface area (Å²) < 4.78 is 10.7. The number of nitro benzene ring substituents is 1. The number of hydrazone groups is 1. The molecule has 0 aromatic heterocycles. The van der Waals surface area contributed by atoms with Crippen molar-refractivity contribution in [3.8, 4) is 11.5 Å². The molecule has 2 rings (SSSR count). The lowest BCUT2D eigenvalue weighted by atomic mass is 10.2. The minimum absolute atomic E-state index is 0.0209. The van der Waals surface area contributed by atoms with Gasteiger partial charge in [0.1, 0.15) is 0 Å². The number of ether oxygens (including phenoxy) is 2. The number of nitrogens with zero attached hydrogens (tertiary/aromatic N) is 2. The molecule has 2 aromatic rings. The lowest BCUT2D eigenvalue weighted by molar-refractivity contribution is -0.384. The molecule has 0 amide bonds. The third-order valence-electron chi connectivity index (χ3n) is 3.03. The molecule has 0 spiro atoms. The highest BCUT2D eigenvalue weighted by atomic mass is 35.5. The second-order valence-electron chi connectivity index (χ2n) is 4.64. The Morgan fingerprint density at radius 1 is 1.33 bits per heavy atom. The Balaban J connectivity index is 2.11. The van der Waals surface area contributed by atoms with Gasteiger partial charge < -0.3 is 9.47 Å². The van der Waals surface area contributed by atoms with E-state index in [0.29, 0.717) is 28.8 Å². The molecule has 0 fully saturated rings. The van der Waals surface area contributed by atoms with Gasteiger partial charge in [-0.05, 0) is 36.8 Å². The largest absolute Gasteiger partial charge is 0.493 e. The summed E-state index contributed by atoms with van der Waals surface area (Å²) in [4.78, 5) is 10.1. The molecule has 0 saturated carbocycles. The highest BCUT2D eigenvalue weighted by molar-refractivity contribution is 6.32. The van der Waals surface area contributed by atoms with Gasteiger partial charge in [0.25, 0.3) is 5.69 Å². The maximum atomic E-state index is 10.6. The molecule has 7 nitrogen and oxygen atoms in total. The number of benzene rings is 2. The molecule has 0 heterocycles. The summed E-state index contributed by atoms with van der Waals surface area (Å²) >= 11 is 6.18. The van der Waals surface area contributed by atoms with E-state index in [1.807, 2.05) is 6.92 Å². The molecule has 0 saturated heterocycles. The topological polar surface area (TPSA) is 86.0 Å². The highest BCUT2D eigenvalue weighted by Crippen LogP contribution is 2.36. The van der Waals surface area contributed by atoms with Gasteiger partial charge >= 0.3 is 0 Å². The average Bonchev–Trinajstić information content (AvgIpc) is 2.57. The first-order valence-corrected chi connectivity index (χ1v) is 7.46. The van der Waals surface area contributed by atoms with E-state index in [2.05, 4.69) is 10.5 Å². The van der Waals surface area contributed by atoms with Gasteiger partial charge in [0.05, 0.1) is 35.6 Å². The smallest absolute Gasteiger partial charge is 0.269 e. The van der Waals surface area contributed by atoms with Crippen LogP contribution in [0.1, 0.15) is 12.5 Å². The molecule has 0 atom stereocenters. The zero-order valence-corrected chi connectivity index (χ0v) is 13.9. The Morgan fingerprint density at radius 2 is 2.04 bits per heavy atom. The molecule has 0 radical (unpaired) electrons. The van der Waals surface area contributed by atoms with E-state index >= 15 is 0 Å². The van der Waals surface area contributed by atoms with E-state index < -0.39 is 4.92 Å². The Bertz CT molecular complexity index is 748. The molecule has 0 aliphatic rings. The molecule has 0 aliphatic heterocycles. The summed E-state index contributed by atoms with van der Waals surface area (Å²) in [5.74, 6) is 1.00. The van der Waals surface area contributed by atoms with Crippen molar-refractivity contribution in [2.45, 2.75) is 6.92 Å². The first-order valence-electron chi connectivity index (χ1n) is 7.09. The minimum Gasteiger partial charge on any atom is -0.493 e. The molecule has 2 aromatic carbocycles. The third kappa shape index (κ3) is 4.36. The van der Waals surface area contributed by atoms with Crippen molar-refractivity contribution >= 4 is 29.2 Å². The second-order valence-corrected chi connectivity index (χ2v) is 5.05. The van der Waals surface area contributed by atoms with Crippen LogP contribution in [0, 0.1) is 10.1 Å². The van der Waals surface area contributed by atoms with Crippen molar-refractivity contribution in [2.24, 2.45) is 5.10 Å². The lowest BCUT2D eigenvalue weighted by Gasteiger charge is -2.11. The van der Waals surface area contributed by atoms with Crippen LogP contribution in [-0.2, 0) is 0 Å². The summed E-state index contributed by atoms with van der Waals surface area (Å²) in [6.45, 7) is 2.34. The van der Waals surface area contributed by atoms with E-state index in [1.54, 1.807) is 30.5 Å². The fourth-order valence-electron chi connectivity index (χ4n) is 1.94. The van der Waals surface area contributed by atoms with E-state index in [4.69, 9.17) is 21.1 Å².